The Bertz CT molecular complexity index is 512. The van der Waals surface area contributed by atoms with Gasteiger partial charge in [0.25, 0.3) is 0 Å². The molecule has 0 radical (unpaired) electrons. The third-order valence-corrected chi connectivity index (χ3v) is 3.27. The summed E-state index contributed by atoms with van der Waals surface area (Å²) in [7, 11) is 1.70. The Balaban J connectivity index is 0.00000529. The molecule has 0 aliphatic carbocycles. The molecule has 138 valence electrons. The van der Waals surface area contributed by atoms with Crippen LogP contribution >= 0.6 is 24.0 Å². The number of ether oxygens (including phenoxy) is 1. The molecule has 1 aromatic rings. The van der Waals surface area contributed by atoms with Gasteiger partial charge in [0.05, 0.1) is 13.7 Å². The van der Waals surface area contributed by atoms with Crippen molar-refractivity contribution in [1.29, 1.82) is 0 Å². The third-order valence-electron chi connectivity index (χ3n) is 3.27. The van der Waals surface area contributed by atoms with Gasteiger partial charge in [-0.05, 0) is 46.2 Å². The molecule has 0 saturated heterocycles. The van der Waals surface area contributed by atoms with Gasteiger partial charge in [-0.1, -0.05) is 12.1 Å². The van der Waals surface area contributed by atoms with Crippen LogP contribution in [0.25, 0.3) is 0 Å². The van der Waals surface area contributed by atoms with Crippen LogP contribution in [-0.2, 0) is 6.54 Å². The third kappa shape index (κ3) is 9.32. The van der Waals surface area contributed by atoms with Gasteiger partial charge < -0.3 is 20.7 Å². The second-order valence-electron chi connectivity index (χ2n) is 6.61. The molecule has 0 aliphatic rings. The predicted molar refractivity (Wildman–Crippen MR) is 114 cm³/mol. The molecule has 0 aromatic heterocycles. The van der Waals surface area contributed by atoms with Gasteiger partial charge in [0.15, 0.2) is 5.96 Å². The fraction of sp³-hybridized carbons (Fsp3) is 0.611. The maximum Gasteiger partial charge on any atom is 0.191 e. The van der Waals surface area contributed by atoms with Gasteiger partial charge in [0.1, 0.15) is 5.75 Å². The van der Waals surface area contributed by atoms with Crippen molar-refractivity contribution < 1.29 is 4.74 Å². The van der Waals surface area contributed by atoms with Gasteiger partial charge in [-0.25, -0.2) is 4.99 Å². The molecule has 0 heterocycles. The van der Waals surface area contributed by atoms with Crippen LogP contribution in [0.5, 0.6) is 5.75 Å². The number of aryl methyl sites for hydroxylation is 1. The van der Waals surface area contributed by atoms with E-state index in [1.165, 1.54) is 5.56 Å². The minimum atomic E-state index is 0. The molecule has 0 aliphatic heterocycles. The maximum atomic E-state index is 5.43. The first-order chi connectivity index (χ1) is 10.9. The molecule has 0 bridgehead atoms. The number of nitrogens with zero attached hydrogens (tertiary/aromatic N) is 1. The molecule has 5 nitrogen and oxygen atoms in total. The minimum Gasteiger partial charge on any atom is -0.496 e. The Morgan fingerprint density at radius 1 is 1.17 bits per heavy atom. The summed E-state index contributed by atoms with van der Waals surface area (Å²) in [5.41, 5.74) is 2.41. The van der Waals surface area contributed by atoms with Crippen LogP contribution in [0.15, 0.2) is 23.2 Å². The van der Waals surface area contributed by atoms with E-state index in [2.05, 4.69) is 67.7 Å². The summed E-state index contributed by atoms with van der Waals surface area (Å²) in [5.74, 6) is 1.71. The van der Waals surface area contributed by atoms with Gasteiger partial charge in [-0.2, -0.15) is 0 Å². The molecule has 0 fully saturated rings. The predicted octanol–water partition coefficient (Wildman–Crippen LogP) is 3.06. The van der Waals surface area contributed by atoms with Crippen LogP contribution in [0.3, 0.4) is 0 Å². The first kappa shape index (κ1) is 23.0. The first-order valence-corrected chi connectivity index (χ1v) is 8.26. The monoisotopic (exact) mass is 448 g/mol. The van der Waals surface area contributed by atoms with E-state index >= 15 is 0 Å². The number of hydrogen-bond acceptors (Lipinski definition) is 3. The molecule has 0 spiro atoms. The lowest BCUT2D eigenvalue weighted by Gasteiger charge is -2.21. The highest BCUT2D eigenvalue weighted by Gasteiger charge is 2.08. The number of guanidine groups is 1. The summed E-state index contributed by atoms with van der Waals surface area (Å²) in [6.07, 6.45) is 0. The fourth-order valence-corrected chi connectivity index (χ4v) is 2.11. The highest BCUT2D eigenvalue weighted by atomic mass is 127. The molecule has 0 saturated carbocycles. The first-order valence-electron chi connectivity index (χ1n) is 8.26. The highest BCUT2D eigenvalue weighted by Crippen LogP contribution is 2.20. The standard InChI is InChI=1S/C18H32N4O.HI/c1-7-19-17(20-10-11-22-18(3,4)5)21-13-15-9-8-14(2)12-16(15)23-6;/h8-9,12,22H,7,10-11,13H2,1-6H3,(H2,19,20,21);1H. The van der Waals surface area contributed by atoms with E-state index in [-0.39, 0.29) is 29.5 Å². The maximum absolute atomic E-state index is 5.43. The second-order valence-corrected chi connectivity index (χ2v) is 6.61. The normalized spacial score (nSPS) is 11.7. The summed E-state index contributed by atoms with van der Waals surface area (Å²) in [6.45, 7) is 13.8. The molecular weight excluding hydrogens is 415 g/mol. The molecule has 0 unspecified atom stereocenters. The lowest BCUT2D eigenvalue weighted by Crippen LogP contribution is -2.44. The van der Waals surface area contributed by atoms with Crippen molar-refractivity contribution in [3.63, 3.8) is 0 Å². The number of halogens is 1. The number of rotatable bonds is 7. The average Bonchev–Trinajstić information content (AvgIpc) is 2.48. The molecule has 0 atom stereocenters. The largest absolute Gasteiger partial charge is 0.496 e. The summed E-state index contributed by atoms with van der Waals surface area (Å²) < 4.78 is 5.43. The van der Waals surface area contributed by atoms with Crippen molar-refractivity contribution in [3.8, 4) is 5.75 Å². The topological polar surface area (TPSA) is 57.7 Å². The summed E-state index contributed by atoms with van der Waals surface area (Å²) in [5, 5.41) is 10.1. The summed E-state index contributed by atoms with van der Waals surface area (Å²) in [6, 6.07) is 6.20. The van der Waals surface area contributed by atoms with E-state index in [0.29, 0.717) is 6.54 Å². The van der Waals surface area contributed by atoms with Crippen LogP contribution in [0.4, 0.5) is 0 Å². The highest BCUT2D eigenvalue weighted by molar-refractivity contribution is 14.0. The van der Waals surface area contributed by atoms with Crippen molar-refractivity contribution in [2.75, 3.05) is 26.7 Å². The van der Waals surface area contributed by atoms with Gasteiger partial charge in [0, 0.05) is 30.7 Å². The number of methoxy groups -OCH3 is 1. The van der Waals surface area contributed by atoms with Crippen molar-refractivity contribution >= 4 is 29.9 Å². The fourth-order valence-electron chi connectivity index (χ4n) is 2.11. The molecular formula is C18H33IN4O. The number of nitrogens with one attached hydrogen (secondary N) is 3. The molecule has 1 rings (SSSR count). The summed E-state index contributed by atoms with van der Waals surface area (Å²) >= 11 is 0. The van der Waals surface area contributed by atoms with Gasteiger partial charge in [-0.15, -0.1) is 24.0 Å². The van der Waals surface area contributed by atoms with E-state index in [1.807, 2.05) is 6.07 Å². The van der Waals surface area contributed by atoms with E-state index in [4.69, 9.17) is 4.74 Å². The van der Waals surface area contributed by atoms with Gasteiger partial charge in [0.2, 0.25) is 0 Å². The molecule has 0 amide bonds. The van der Waals surface area contributed by atoms with Crippen molar-refractivity contribution in [2.24, 2.45) is 4.99 Å². The number of benzene rings is 1. The van der Waals surface area contributed by atoms with Crippen molar-refractivity contribution in [2.45, 2.75) is 46.7 Å². The Hall–Kier alpha value is -1.02. The van der Waals surface area contributed by atoms with Gasteiger partial charge in [-0.3, -0.25) is 0 Å². The van der Waals surface area contributed by atoms with E-state index in [1.54, 1.807) is 7.11 Å². The van der Waals surface area contributed by atoms with Crippen LogP contribution in [0, 0.1) is 6.92 Å². The second kappa shape index (κ2) is 11.5. The minimum absolute atomic E-state index is 0. The Labute approximate surface area is 164 Å². The van der Waals surface area contributed by atoms with Crippen LogP contribution < -0.4 is 20.7 Å². The van der Waals surface area contributed by atoms with E-state index < -0.39 is 0 Å². The lowest BCUT2D eigenvalue weighted by atomic mass is 10.1. The Kier molecular flexibility index (Phi) is 11.0. The van der Waals surface area contributed by atoms with Crippen LogP contribution in [-0.4, -0.2) is 38.2 Å². The van der Waals surface area contributed by atoms with Crippen molar-refractivity contribution in [3.05, 3.63) is 29.3 Å². The zero-order valence-electron chi connectivity index (χ0n) is 15.8. The van der Waals surface area contributed by atoms with E-state index in [9.17, 15) is 0 Å². The zero-order chi connectivity index (χ0) is 17.3. The lowest BCUT2D eigenvalue weighted by molar-refractivity contribution is 0.409. The summed E-state index contributed by atoms with van der Waals surface area (Å²) in [4.78, 5) is 4.64. The van der Waals surface area contributed by atoms with E-state index in [0.717, 1.165) is 36.9 Å². The van der Waals surface area contributed by atoms with Gasteiger partial charge >= 0.3 is 0 Å². The molecule has 1 aromatic carbocycles. The van der Waals surface area contributed by atoms with Crippen LogP contribution in [0.1, 0.15) is 38.8 Å². The Morgan fingerprint density at radius 3 is 2.46 bits per heavy atom. The molecule has 24 heavy (non-hydrogen) atoms. The zero-order valence-corrected chi connectivity index (χ0v) is 18.2. The Morgan fingerprint density at radius 2 is 1.88 bits per heavy atom. The average molecular weight is 448 g/mol. The molecule has 3 N–H and O–H groups in total. The quantitative estimate of drug-likeness (QED) is 0.260. The number of hydrogen-bond donors (Lipinski definition) is 3. The van der Waals surface area contributed by atoms with Crippen molar-refractivity contribution in [1.82, 2.24) is 16.0 Å². The smallest absolute Gasteiger partial charge is 0.191 e. The SMILES string of the molecule is CCNC(=NCc1ccc(C)cc1OC)NCCNC(C)(C)C.I. The number of aliphatic imine (C=N–C) groups is 1. The van der Waals surface area contributed by atoms with Crippen LogP contribution in [0.2, 0.25) is 0 Å². The molecule has 6 heteroatoms.